The van der Waals surface area contributed by atoms with Crippen LogP contribution in [-0.4, -0.2) is 18.0 Å². The number of fused-ring (bicyclic) bond motifs is 1. The van der Waals surface area contributed by atoms with Crippen LogP contribution in [0.15, 0.2) is 0 Å². The maximum Gasteiger partial charge on any atom is 0.157 e. The predicted octanol–water partition coefficient (Wildman–Crippen LogP) is 0.607. The Morgan fingerprint density at radius 1 is 1.44 bits per heavy atom. The lowest BCUT2D eigenvalue weighted by atomic mass is 9.67. The Morgan fingerprint density at radius 3 is 2.67 bits per heavy atom. The van der Waals surface area contributed by atoms with E-state index in [-0.39, 0.29) is 0 Å². The predicted molar refractivity (Wildman–Crippen MR) is 32.7 cm³/mol. The molecule has 1 aliphatic heterocycles. The first-order valence-corrected chi connectivity index (χ1v) is 3.58. The summed E-state index contributed by atoms with van der Waals surface area (Å²) < 4.78 is 5.07. The van der Waals surface area contributed by atoms with Gasteiger partial charge in [-0.05, 0) is 18.3 Å². The SMILES string of the molecule is CC1C[C@H]2[C@@H]1CO[C@@H]2O. The summed E-state index contributed by atoms with van der Waals surface area (Å²) in [6, 6.07) is 0. The first-order chi connectivity index (χ1) is 4.29. The molecule has 0 spiro atoms. The summed E-state index contributed by atoms with van der Waals surface area (Å²) >= 11 is 0. The summed E-state index contributed by atoms with van der Waals surface area (Å²) in [6.45, 7) is 3.01. The molecule has 2 nitrogen and oxygen atoms in total. The minimum atomic E-state index is -0.439. The van der Waals surface area contributed by atoms with Gasteiger partial charge in [-0.3, -0.25) is 0 Å². The molecule has 1 N–H and O–H groups in total. The van der Waals surface area contributed by atoms with Gasteiger partial charge in [-0.2, -0.15) is 0 Å². The lowest BCUT2D eigenvalue weighted by molar-refractivity contribution is -0.0923. The largest absolute Gasteiger partial charge is 0.368 e. The molecule has 2 rings (SSSR count). The minimum absolute atomic E-state index is 0.439. The molecule has 0 radical (unpaired) electrons. The fourth-order valence-corrected chi connectivity index (χ4v) is 1.95. The topological polar surface area (TPSA) is 29.5 Å². The molecule has 9 heavy (non-hydrogen) atoms. The van der Waals surface area contributed by atoms with Crippen LogP contribution in [0, 0.1) is 17.8 Å². The van der Waals surface area contributed by atoms with Crippen LogP contribution in [0.4, 0.5) is 0 Å². The van der Waals surface area contributed by atoms with E-state index in [1.807, 2.05) is 0 Å². The van der Waals surface area contributed by atoms with Gasteiger partial charge in [0.05, 0.1) is 6.61 Å². The maximum atomic E-state index is 9.11. The first-order valence-electron chi connectivity index (χ1n) is 3.58. The highest BCUT2D eigenvalue weighted by Gasteiger charge is 2.47. The van der Waals surface area contributed by atoms with Gasteiger partial charge >= 0.3 is 0 Å². The van der Waals surface area contributed by atoms with Gasteiger partial charge in [0, 0.05) is 5.92 Å². The van der Waals surface area contributed by atoms with Crippen molar-refractivity contribution in [2.45, 2.75) is 19.6 Å². The zero-order valence-corrected chi connectivity index (χ0v) is 5.58. The van der Waals surface area contributed by atoms with E-state index in [2.05, 4.69) is 6.92 Å². The number of aliphatic hydroxyl groups excluding tert-OH is 1. The van der Waals surface area contributed by atoms with E-state index in [9.17, 15) is 0 Å². The second-order valence-corrected chi connectivity index (χ2v) is 3.26. The molecule has 0 amide bonds. The van der Waals surface area contributed by atoms with Crippen LogP contribution in [0.2, 0.25) is 0 Å². The summed E-state index contributed by atoms with van der Waals surface area (Å²) in [5.74, 6) is 1.92. The Labute approximate surface area is 54.8 Å². The van der Waals surface area contributed by atoms with E-state index in [4.69, 9.17) is 9.84 Å². The van der Waals surface area contributed by atoms with Crippen molar-refractivity contribution in [2.24, 2.45) is 17.8 Å². The van der Waals surface area contributed by atoms with Crippen LogP contribution in [0.25, 0.3) is 0 Å². The van der Waals surface area contributed by atoms with E-state index in [1.165, 1.54) is 0 Å². The zero-order chi connectivity index (χ0) is 6.43. The normalized spacial score (nSPS) is 56.7. The average molecular weight is 128 g/mol. The summed E-state index contributed by atoms with van der Waals surface area (Å²) in [7, 11) is 0. The van der Waals surface area contributed by atoms with Gasteiger partial charge in [0.2, 0.25) is 0 Å². The van der Waals surface area contributed by atoms with Crippen LogP contribution < -0.4 is 0 Å². The summed E-state index contributed by atoms with van der Waals surface area (Å²) in [6.07, 6.45) is 0.720. The lowest BCUT2D eigenvalue weighted by Crippen LogP contribution is -2.36. The van der Waals surface area contributed by atoms with Crippen molar-refractivity contribution in [3.63, 3.8) is 0 Å². The molecule has 2 fully saturated rings. The Balaban J connectivity index is 2.03. The molecule has 1 saturated heterocycles. The Bertz CT molecular complexity index is 122. The summed E-state index contributed by atoms with van der Waals surface area (Å²) in [4.78, 5) is 0. The third kappa shape index (κ3) is 0.634. The number of aliphatic hydroxyl groups is 1. The van der Waals surface area contributed by atoms with Crippen LogP contribution in [-0.2, 0) is 4.74 Å². The van der Waals surface area contributed by atoms with Gasteiger partial charge in [-0.15, -0.1) is 0 Å². The molecule has 1 unspecified atom stereocenters. The van der Waals surface area contributed by atoms with E-state index in [0.717, 1.165) is 18.9 Å². The monoisotopic (exact) mass is 128 g/mol. The molecule has 0 aromatic carbocycles. The molecule has 0 aromatic rings. The zero-order valence-electron chi connectivity index (χ0n) is 5.58. The van der Waals surface area contributed by atoms with E-state index >= 15 is 0 Å². The molecule has 1 saturated carbocycles. The highest BCUT2D eigenvalue weighted by molar-refractivity contribution is 4.91. The van der Waals surface area contributed by atoms with Gasteiger partial charge in [0.1, 0.15) is 0 Å². The lowest BCUT2D eigenvalue weighted by Gasteiger charge is -2.37. The van der Waals surface area contributed by atoms with Crippen molar-refractivity contribution in [3.8, 4) is 0 Å². The van der Waals surface area contributed by atoms with Gasteiger partial charge in [0.15, 0.2) is 6.29 Å². The number of rotatable bonds is 0. The summed E-state index contributed by atoms with van der Waals surface area (Å²) in [5, 5.41) is 9.11. The van der Waals surface area contributed by atoms with E-state index in [0.29, 0.717) is 11.8 Å². The molecule has 1 heterocycles. The van der Waals surface area contributed by atoms with Crippen molar-refractivity contribution in [1.29, 1.82) is 0 Å². The van der Waals surface area contributed by atoms with Gasteiger partial charge < -0.3 is 9.84 Å². The van der Waals surface area contributed by atoms with Crippen molar-refractivity contribution in [3.05, 3.63) is 0 Å². The van der Waals surface area contributed by atoms with Crippen LogP contribution in [0.5, 0.6) is 0 Å². The Hall–Kier alpha value is -0.0800. The molecule has 4 atom stereocenters. The molecule has 2 heteroatoms. The van der Waals surface area contributed by atoms with Crippen LogP contribution >= 0.6 is 0 Å². The van der Waals surface area contributed by atoms with Gasteiger partial charge in [-0.25, -0.2) is 0 Å². The third-order valence-electron chi connectivity index (χ3n) is 2.75. The van der Waals surface area contributed by atoms with E-state index < -0.39 is 6.29 Å². The van der Waals surface area contributed by atoms with Crippen molar-refractivity contribution < 1.29 is 9.84 Å². The quantitative estimate of drug-likeness (QED) is 0.518. The van der Waals surface area contributed by atoms with Crippen molar-refractivity contribution in [1.82, 2.24) is 0 Å². The number of ether oxygens (including phenoxy) is 1. The molecule has 2 aliphatic rings. The highest BCUT2D eigenvalue weighted by atomic mass is 16.6. The van der Waals surface area contributed by atoms with Crippen LogP contribution in [0.1, 0.15) is 13.3 Å². The average Bonchev–Trinajstić information content (AvgIpc) is 2.07. The third-order valence-corrected chi connectivity index (χ3v) is 2.75. The minimum Gasteiger partial charge on any atom is -0.368 e. The Kier molecular flexibility index (Phi) is 1.08. The van der Waals surface area contributed by atoms with Gasteiger partial charge in [0.25, 0.3) is 0 Å². The molecular weight excluding hydrogens is 116 g/mol. The van der Waals surface area contributed by atoms with Crippen molar-refractivity contribution in [2.75, 3.05) is 6.61 Å². The fourth-order valence-electron chi connectivity index (χ4n) is 1.95. The molecule has 0 aromatic heterocycles. The second kappa shape index (κ2) is 1.70. The standard InChI is InChI=1S/C7H12O2/c1-4-2-5-6(4)3-9-7(5)8/h4-8H,2-3H2,1H3/t4?,5-,6+,7-/m0/s1. The first kappa shape index (κ1) is 5.69. The molecule has 52 valence electrons. The van der Waals surface area contributed by atoms with E-state index in [1.54, 1.807) is 0 Å². The fraction of sp³-hybridized carbons (Fsp3) is 1.00. The van der Waals surface area contributed by atoms with Crippen molar-refractivity contribution >= 4 is 0 Å². The number of hydrogen-bond donors (Lipinski definition) is 1. The Morgan fingerprint density at radius 2 is 2.22 bits per heavy atom. The molecule has 1 aliphatic carbocycles. The summed E-state index contributed by atoms with van der Waals surface area (Å²) in [5.41, 5.74) is 0. The molecular formula is C7H12O2. The van der Waals surface area contributed by atoms with Crippen LogP contribution in [0.3, 0.4) is 0 Å². The maximum absolute atomic E-state index is 9.11. The van der Waals surface area contributed by atoms with Gasteiger partial charge in [-0.1, -0.05) is 6.92 Å². The highest BCUT2D eigenvalue weighted by Crippen LogP contribution is 2.46. The number of hydrogen-bond acceptors (Lipinski definition) is 2. The molecule has 0 bridgehead atoms. The second-order valence-electron chi connectivity index (χ2n) is 3.26. The smallest absolute Gasteiger partial charge is 0.157 e.